The van der Waals surface area contributed by atoms with Crippen molar-refractivity contribution >= 4 is 21.8 Å². The van der Waals surface area contributed by atoms with E-state index in [2.05, 4.69) is 10.0 Å². The molecule has 0 radical (unpaired) electrons. The number of nitrogens with zero attached hydrogens (tertiary/aromatic N) is 2. The molecule has 1 fully saturated rings. The number of carbonyl (C=O) groups excluding carboxylic acids is 2. The Labute approximate surface area is 157 Å². The highest BCUT2D eigenvalue weighted by molar-refractivity contribution is 7.89. The van der Waals surface area contributed by atoms with Crippen molar-refractivity contribution in [1.82, 2.24) is 19.5 Å². The van der Waals surface area contributed by atoms with Crippen molar-refractivity contribution in [2.75, 3.05) is 32.4 Å². The number of aromatic nitrogens is 1. The highest BCUT2D eigenvalue weighted by Crippen LogP contribution is 2.41. The third-order valence-electron chi connectivity index (χ3n) is 5.34. The van der Waals surface area contributed by atoms with Gasteiger partial charge in [-0.2, -0.15) is 0 Å². The van der Waals surface area contributed by atoms with E-state index in [0.29, 0.717) is 19.5 Å². The fourth-order valence-electron chi connectivity index (χ4n) is 4.04. The predicted octanol–water partition coefficient (Wildman–Crippen LogP) is -0.980. The van der Waals surface area contributed by atoms with Crippen molar-refractivity contribution in [2.45, 2.75) is 25.3 Å². The minimum atomic E-state index is -3.44. The summed E-state index contributed by atoms with van der Waals surface area (Å²) in [4.78, 5) is 39.0. The molecular weight excluding hydrogens is 372 g/mol. The van der Waals surface area contributed by atoms with Crippen LogP contribution in [0.5, 0.6) is 0 Å². The molecule has 3 atom stereocenters. The molecule has 9 nitrogen and oxygen atoms in total. The lowest BCUT2D eigenvalue weighted by atomic mass is 9.78. The Morgan fingerprint density at radius 2 is 2.00 bits per heavy atom. The first kappa shape index (κ1) is 19.6. The Hall–Kier alpha value is -2.20. The molecule has 27 heavy (non-hydrogen) atoms. The molecule has 2 aliphatic rings. The number of fused-ring (bicyclic) bond motifs is 4. The molecular formula is C17H24N4O5S. The molecule has 2 aliphatic heterocycles. The monoisotopic (exact) mass is 396 g/mol. The number of likely N-dealkylation sites (tertiary alicyclic amines) is 1. The van der Waals surface area contributed by atoms with Gasteiger partial charge in [0.15, 0.2) is 0 Å². The molecule has 148 valence electrons. The van der Waals surface area contributed by atoms with Crippen LogP contribution in [0.25, 0.3) is 0 Å². The van der Waals surface area contributed by atoms with Gasteiger partial charge in [0.25, 0.3) is 5.56 Å². The van der Waals surface area contributed by atoms with Crippen molar-refractivity contribution in [2.24, 2.45) is 5.92 Å². The fraction of sp³-hybridized carbons (Fsp3) is 0.588. The highest BCUT2D eigenvalue weighted by Gasteiger charge is 2.44. The van der Waals surface area contributed by atoms with Crippen LogP contribution in [0, 0.1) is 5.92 Å². The minimum Gasteiger partial charge on any atom is -0.353 e. The van der Waals surface area contributed by atoms with Crippen molar-refractivity contribution in [3.05, 3.63) is 34.2 Å². The summed E-state index contributed by atoms with van der Waals surface area (Å²) in [5.74, 6) is -0.886. The third-order valence-corrected chi connectivity index (χ3v) is 6.71. The van der Waals surface area contributed by atoms with E-state index in [1.54, 1.807) is 11.0 Å². The average molecular weight is 396 g/mol. The quantitative estimate of drug-likeness (QED) is 0.663. The lowest BCUT2D eigenvalue weighted by Crippen LogP contribution is -2.54. The Morgan fingerprint density at radius 1 is 1.26 bits per heavy atom. The van der Waals surface area contributed by atoms with E-state index in [1.165, 1.54) is 24.6 Å². The average Bonchev–Trinajstić information content (AvgIpc) is 2.62. The summed E-state index contributed by atoms with van der Waals surface area (Å²) in [6, 6.07) is 4.14. The maximum absolute atomic E-state index is 12.9. The first-order chi connectivity index (χ1) is 12.7. The SMILES string of the molecule is CNS(=O)(=O)CCNC(=O)[C@H]1[C@H]2C[C@H](CN(C(C)=O)C2)c2cccc(=O)n21. The van der Waals surface area contributed by atoms with Gasteiger partial charge in [0.1, 0.15) is 6.04 Å². The van der Waals surface area contributed by atoms with E-state index in [9.17, 15) is 22.8 Å². The first-order valence-corrected chi connectivity index (χ1v) is 10.5. The molecule has 0 aromatic carbocycles. The number of nitrogens with one attached hydrogen (secondary N) is 2. The number of amides is 2. The summed E-state index contributed by atoms with van der Waals surface area (Å²) < 4.78 is 26.8. The van der Waals surface area contributed by atoms with Crippen LogP contribution in [-0.4, -0.2) is 62.1 Å². The number of rotatable bonds is 5. The van der Waals surface area contributed by atoms with Gasteiger partial charge in [0.05, 0.1) is 5.75 Å². The topological polar surface area (TPSA) is 118 Å². The largest absolute Gasteiger partial charge is 0.353 e. The van der Waals surface area contributed by atoms with E-state index in [1.807, 2.05) is 6.07 Å². The van der Waals surface area contributed by atoms with Crippen LogP contribution in [-0.2, 0) is 19.6 Å². The van der Waals surface area contributed by atoms with Gasteiger partial charge in [-0.05, 0) is 19.5 Å². The standard InChI is InChI=1S/C17H24N4O5S/c1-11(22)20-9-12-8-13(10-20)16(21-14(12)4-3-5-15(21)23)17(24)19-6-7-27(25,26)18-2/h3-5,12-13,16,18H,6-10H2,1-2H3,(H,19,24)/t12-,13+,16-/m1/s1. The zero-order valence-corrected chi connectivity index (χ0v) is 16.2. The molecule has 1 aromatic heterocycles. The van der Waals surface area contributed by atoms with E-state index >= 15 is 0 Å². The van der Waals surface area contributed by atoms with Gasteiger partial charge in [-0.3, -0.25) is 19.0 Å². The van der Waals surface area contributed by atoms with Crippen LogP contribution in [0.3, 0.4) is 0 Å². The van der Waals surface area contributed by atoms with Crippen LogP contribution in [0.2, 0.25) is 0 Å². The lowest BCUT2D eigenvalue weighted by Gasteiger charge is -2.46. The number of piperidine rings is 1. The molecule has 2 bridgehead atoms. The van der Waals surface area contributed by atoms with E-state index in [-0.39, 0.29) is 35.6 Å². The Bertz CT molecular complexity index is 910. The molecule has 10 heteroatoms. The van der Waals surface area contributed by atoms with Gasteiger partial charge >= 0.3 is 0 Å². The molecule has 2 N–H and O–H groups in total. The summed E-state index contributed by atoms with van der Waals surface area (Å²) >= 11 is 0. The molecule has 1 aromatic rings. The molecule has 0 unspecified atom stereocenters. The Kier molecular flexibility index (Phi) is 5.38. The maximum Gasteiger partial charge on any atom is 0.251 e. The minimum absolute atomic E-state index is 0.00951. The second kappa shape index (κ2) is 7.43. The molecule has 3 heterocycles. The number of hydrogen-bond donors (Lipinski definition) is 2. The molecule has 2 amide bonds. The second-order valence-electron chi connectivity index (χ2n) is 7.03. The Morgan fingerprint density at radius 3 is 2.67 bits per heavy atom. The smallest absolute Gasteiger partial charge is 0.251 e. The number of carbonyl (C=O) groups is 2. The summed E-state index contributed by atoms with van der Waals surface area (Å²) in [5, 5.41) is 2.64. The van der Waals surface area contributed by atoms with Crippen molar-refractivity contribution in [3.63, 3.8) is 0 Å². The first-order valence-electron chi connectivity index (χ1n) is 8.89. The van der Waals surface area contributed by atoms with Gasteiger partial charge in [0.2, 0.25) is 21.8 Å². The maximum atomic E-state index is 12.9. The summed E-state index contributed by atoms with van der Waals surface area (Å²) in [7, 11) is -2.13. The third kappa shape index (κ3) is 3.91. The molecule has 1 saturated heterocycles. The molecule has 0 spiro atoms. The molecule has 0 saturated carbocycles. The number of hydrogen-bond acceptors (Lipinski definition) is 5. The van der Waals surface area contributed by atoms with Gasteiger partial charge in [-0.1, -0.05) is 6.07 Å². The van der Waals surface area contributed by atoms with Gasteiger partial charge < -0.3 is 10.2 Å². The van der Waals surface area contributed by atoms with E-state index < -0.39 is 22.0 Å². The lowest BCUT2D eigenvalue weighted by molar-refractivity contribution is -0.135. The summed E-state index contributed by atoms with van der Waals surface area (Å²) in [5.41, 5.74) is 0.481. The number of pyridine rings is 1. The van der Waals surface area contributed by atoms with E-state index in [0.717, 1.165) is 5.69 Å². The predicted molar refractivity (Wildman–Crippen MR) is 98.7 cm³/mol. The molecule has 3 rings (SSSR count). The normalized spacial score (nSPS) is 24.2. The molecule has 0 aliphatic carbocycles. The van der Waals surface area contributed by atoms with Crippen molar-refractivity contribution in [1.29, 1.82) is 0 Å². The zero-order chi connectivity index (χ0) is 19.8. The van der Waals surface area contributed by atoms with Gasteiger partial charge in [-0.15, -0.1) is 0 Å². The fourth-order valence-corrected chi connectivity index (χ4v) is 4.62. The van der Waals surface area contributed by atoms with E-state index in [4.69, 9.17) is 0 Å². The van der Waals surface area contributed by atoms with Crippen LogP contribution < -0.4 is 15.6 Å². The Balaban J connectivity index is 1.89. The highest BCUT2D eigenvalue weighted by atomic mass is 32.2. The van der Waals surface area contributed by atoms with Crippen molar-refractivity contribution < 1.29 is 18.0 Å². The summed E-state index contributed by atoms with van der Waals surface area (Å²) in [6.07, 6.45) is 0.708. The van der Waals surface area contributed by atoms with Crippen LogP contribution >= 0.6 is 0 Å². The number of sulfonamides is 1. The van der Waals surface area contributed by atoms with Crippen LogP contribution in [0.15, 0.2) is 23.0 Å². The summed E-state index contributed by atoms with van der Waals surface area (Å²) in [6.45, 7) is 2.38. The van der Waals surface area contributed by atoms with Gasteiger partial charge in [0, 0.05) is 50.2 Å². The van der Waals surface area contributed by atoms with Crippen LogP contribution in [0.4, 0.5) is 0 Å². The van der Waals surface area contributed by atoms with Gasteiger partial charge in [-0.25, -0.2) is 13.1 Å². The zero-order valence-electron chi connectivity index (χ0n) is 15.3. The van der Waals surface area contributed by atoms with Crippen LogP contribution in [0.1, 0.15) is 31.0 Å². The second-order valence-corrected chi connectivity index (χ2v) is 9.08. The van der Waals surface area contributed by atoms with Crippen molar-refractivity contribution in [3.8, 4) is 0 Å².